The molecular formula is C21H29NO2. The van der Waals surface area contributed by atoms with E-state index in [2.05, 4.69) is 56.0 Å². The molecule has 1 heterocycles. The molecule has 3 rings (SSSR count). The summed E-state index contributed by atoms with van der Waals surface area (Å²) in [7, 11) is 0. The lowest BCUT2D eigenvalue weighted by molar-refractivity contribution is -0.122. The molecule has 0 unspecified atom stereocenters. The number of hydrogen-bond acceptors (Lipinski definition) is 3. The number of ether oxygens (including phenoxy) is 1. The molecule has 3 heteroatoms. The lowest BCUT2D eigenvalue weighted by Crippen LogP contribution is -2.36. The van der Waals surface area contributed by atoms with Gasteiger partial charge in [0.1, 0.15) is 0 Å². The highest BCUT2D eigenvalue weighted by atomic mass is 16.5. The van der Waals surface area contributed by atoms with Crippen LogP contribution in [0.2, 0.25) is 0 Å². The summed E-state index contributed by atoms with van der Waals surface area (Å²) < 4.78 is 5.41. The molecule has 1 saturated carbocycles. The fourth-order valence-corrected chi connectivity index (χ4v) is 3.81. The minimum atomic E-state index is 0.195. The van der Waals surface area contributed by atoms with E-state index in [0.717, 1.165) is 50.3 Å². The molecule has 2 aliphatic rings. The number of carbonyl (C=O) groups is 1. The van der Waals surface area contributed by atoms with E-state index in [-0.39, 0.29) is 5.92 Å². The van der Waals surface area contributed by atoms with Crippen molar-refractivity contribution in [2.45, 2.75) is 33.6 Å². The number of allylic oxidation sites excluding steroid dienone is 1. The van der Waals surface area contributed by atoms with E-state index < -0.39 is 0 Å². The molecule has 1 aromatic carbocycles. The number of Topliss-reactive ketones (excluding diaryl/α,β-unsaturated/α-hetero) is 1. The second kappa shape index (κ2) is 7.52. The molecule has 0 radical (unpaired) electrons. The molecule has 1 saturated heterocycles. The lowest BCUT2D eigenvalue weighted by atomic mass is 9.73. The van der Waals surface area contributed by atoms with E-state index in [1.165, 1.54) is 5.69 Å². The Morgan fingerprint density at radius 1 is 1.12 bits per heavy atom. The van der Waals surface area contributed by atoms with Gasteiger partial charge in [0.05, 0.1) is 13.2 Å². The molecule has 3 nitrogen and oxygen atoms in total. The SMILES string of the molecule is CC(C)[C@@H]1CC[C@@H](C)C(=Cc2ccc(N3CCOCC3)cc2)C1=O. The number of carbonyl (C=O) groups excluding carboxylic acids is 1. The Kier molecular flexibility index (Phi) is 5.40. The second-order valence-corrected chi connectivity index (χ2v) is 7.48. The van der Waals surface area contributed by atoms with Crippen molar-refractivity contribution >= 4 is 17.5 Å². The maximum atomic E-state index is 12.8. The lowest BCUT2D eigenvalue weighted by Gasteiger charge is -2.30. The maximum absolute atomic E-state index is 12.8. The maximum Gasteiger partial charge on any atom is 0.162 e. The van der Waals surface area contributed by atoms with E-state index in [0.29, 0.717) is 17.6 Å². The van der Waals surface area contributed by atoms with E-state index in [1.54, 1.807) is 0 Å². The Labute approximate surface area is 145 Å². The van der Waals surface area contributed by atoms with E-state index >= 15 is 0 Å². The molecule has 2 fully saturated rings. The van der Waals surface area contributed by atoms with Crippen LogP contribution in [0.4, 0.5) is 5.69 Å². The van der Waals surface area contributed by atoms with Crippen molar-refractivity contribution in [1.82, 2.24) is 0 Å². The molecule has 1 aliphatic heterocycles. The summed E-state index contributed by atoms with van der Waals surface area (Å²) in [5.41, 5.74) is 3.38. The minimum absolute atomic E-state index is 0.195. The highest BCUT2D eigenvalue weighted by Crippen LogP contribution is 2.35. The number of nitrogens with zero attached hydrogens (tertiary/aromatic N) is 1. The fraction of sp³-hybridized carbons (Fsp3) is 0.571. The monoisotopic (exact) mass is 327 g/mol. The van der Waals surface area contributed by atoms with Gasteiger partial charge >= 0.3 is 0 Å². The van der Waals surface area contributed by atoms with Gasteiger partial charge in [-0.2, -0.15) is 0 Å². The molecule has 1 aliphatic carbocycles. The molecule has 0 amide bonds. The largest absolute Gasteiger partial charge is 0.378 e. The number of ketones is 1. The van der Waals surface area contributed by atoms with Gasteiger partial charge in [-0.3, -0.25) is 4.79 Å². The van der Waals surface area contributed by atoms with Crippen molar-refractivity contribution in [1.29, 1.82) is 0 Å². The van der Waals surface area contributed by atoms with Gasteiger partial charge < -0.3 is 9.64 Å². The van der Waals surface area contributed by atoms with Crippen LogP contribution in [-0.2, 0) is 9.53 Å². The van der Waals surface area contributed by atoms with Crippen LogP contribution in [0, 0.1) is 17.8 Å². The van der Waals surface area contributed by atoms with Crippen LogP contribution in [0.25, 0.3) is 6.08 Å². The van der Waals surface area contributed by atoms with Gasteiger partial charge in [0.25, 0.3) is 0 Å². The third kappa shape index (κ3) is 3.72. The van der Waals surface area contributed by atoms with Crippen LogP contribution in [0.5, 0.6) is 0 Å². The fourth-order valence-electron chi connectivity index (χ4n) is 3.81. The highest BCUT2D eigenvalue weighted by Gasteiger charge is 2.32. The van der Waals surface area contributed by atoms with Crippen molar-refractivity contribution in [2.24, 2.45) is 17.8 Å². The Morgan fingerprint density at radius 2 is 1.79 bits per heavy atom. The summed E-state index contributed by atoms with van der Waals surface area (Å²) >= 11 is 0. The van der Waals surface area contributed by atoms with Gasteiger partial charge in [-0.15, -0.1) is 0 Å². The summed E-state index contributed by atoms with van der Waals surface area (Å²) in [6, 6.07) is 8.60. The molecule has 1 aromatic rings. The number of rotatable bonds is 3. The van der Waals surface area contributed by atoms with Gasteiger partial charge in [-0.25, -0.2) is 0 Å². The van der Waals surface area contributed by atoms with Gasteiger partial charge in [-0.05, 0) is 54.0 Å². The Morgan fingerprint density at radius 3 is 2.42 bits per heavy atom. The summed E-state index contributed by atoms with van der Waals surface area (Å²) in [5.74, 6) is 1.35. The van der Waals surface area contributed by atoms with Gasteiger partial charge in [-0.1, -0.05) is 32.9 Å². The predicted molar refractivity (Wildman–Crippen MR) is 99.2 cm³/mol. The smallest absolute Gasteiger partial charge is 0.162 e. The standard InChI is InChI=1S/C21H29NO2/c1-15(2)19-9-4-16(3)20(21(19)23)14-17-5-7-18(8-6-17)22-10-12-24-13-11-22/h5-8,14-16,19H,4,9-13H2,1-3H3/t16-,19+/m1/s1. The zero-order valence-electron chi connectivity index (χ0n) is 15.1. The van der Waals surface area contributed by atoms with Crippen molar-refractivity contribution in [2.75, 3.05) is 31.2 Å². The summed E-state index contributed by atoms with van der Waals surface area (Å²) in [6.07, 6.45) is 4.27. The molecule has 0 bridgehead atoms. The molecule has 2 atom stereocenters. The third-order valence-corrected chi connectivity index (χ3v) is 5.46. The average molecular weight is 327 g/mol. The van der Waals surface area contributed by atoms with Crippen LogP contribution in [0.1, 0.15) is 39.2 Å². The Balaban J connectivity index is 1.77. The average Bonchev–Trinajstić information content (AvgIpc) is 2.59. The molecule has 130 valence electrons. The van der Waals surface area contributed by atoms with Crippen molar-refractivity contribution in [3.05, 3.63) is 35.4 Å². The van der Waals surface area contributed by atoms with Crippen LogP contribution >= 0.6 is 0 Å². The topological polar surface area (TPSA) is 29.5 Å². The zero-order chi connectivity index (χ0) is 17.1. The van der Waals surface area contributed by atoms with Gasteiger partial charge in [0.15, 0.2) is 5.78 Å². The Hall–Kier alpha value is -1.61. The number of morpholine rings is 1. The molecule has 0 N–H and O–H groups in total. The van der Waals surface area contributed by atoms with Crippen LogP contribution in [0.3, 0.4) is 0 Å². The minimum Gasteiger partial charge on any atom is -0.378 e. The number of anilines is 1. The van der Waals surface area contributed by atoms with Crippen LogP contribution < -0.4 is 4.90 Å². The van der Waals surface area contributed by atoms with Gasteiger partial charge in [0, 0.05) is 24.7 Å². The van der Waals surface area contributed by atoms with E-state index in [9.17, 15) is 4.79 Å². The normalized spacial score (nSPS) is 27.1. The molecule has 0 aromatic heterocycles. The first kappa shape index (κ1) is 17.2. The van der Waals surface area contributed by atoms with Crippen molar-refractivity contribution in [3.63, 3.8) is 0 Å². The predicted octanol–water partition coefficient (Wildman–Crippen LogP) is 4.18. The Bertz CT molecular complexity index is 597. The zero-order valence-corrected chi connectivity index (χ0v) is 15.1. The van der Waals surface area contributed by atoms with Crippen molar-refractivity contribution < 1.29 is 9.53 Å². The first-order valence-corrected chi connectivity index (χ1v) is 9.25. The van der Waals surface area contributed by atoms with Crippen LogP contribution in [0.15, 0.2) is 29.8 Å². The number of hydrogen-bond donors (Lipinski definition) is 0. The van der Waals surface area contributed by atoms with Crippen LogP contribution in [-0.4, -0.2) is 32.1 Å². The molecule has 24 heavy (non-hydrogen) atoms. The number of benzene rings is 1. The first-order valence-electron chi connectivity index (χ1n) is 9.25. The summed E-state index contributed by atoms with van der Waals surface area (Å²) in [4.78, 5) is 15.2. The molecule has 0 spiro atoms. The first-order chi connectivity index (χ1) is 11.6. The molecular weight excluding hydrogens is 298 g/mol. The summed E-state index contributed by atoms with van der Waals surface area (Å²) in [5, 5.41) is 0. The quantitative estimate of drug-likeness (QED) is 0.780. The van der Waals surface area contributed by atoms with E-state index in [1.807, 2.05) is 0 Å². The third-order valence-electron chi connectivity index (χ3n) is 5.46. The highest BCUT2D eigenvalue weighted by molar-refractivity contribution is 6.02. The van der Waals surface area contributed by atoms with Gasteiger partial charge in [0.2, 0.25) is 0 Å². The van der Waals surface area contributed by atoms with E-state index in [4.69, 9.17) is 4.74 Å². The summed E-state index contributed by atoms with van der Waals surface area (Å²) in [6.45, 7) is 10.0. The second-order valence-electron chi connectivity index (χ2n) is 7.48. The van der Waals surface area contributed by atoms with Crippen molar-refractivity contribution in [3.8, 4) is 0 Å².